The molecule has 0 saturated carbocycles. The fourth-order valence-corrected chi connectivity index (χ4v) is 4.45. The first-order chi connectivity index (χ1) is 20.8. The quantitative estimate of drug-likeness (QED) is 0.160. The van der Waals surface area contributed by atoms with Crippen LogP contribution in [0.2, 0.25) is 0 Å². The molecule has 0 atom stereocenters. The van der Waals surface area contributed by atoms with Crippen molar-refractivity contribution >= 4 is 21.5 Å². The summed E-state index contributed by atoms with van der Waals surface area (Å²) in [4.78, 5) is 0. The van der Waals surface area contributed by atoms with Crippen LogP contribution in [0.5, 0.6) is 0 Å². The zero-order valence-electron chi connectivity index (χ0n) is 31.6. The normalized spacial score (nSPS) is 12.0. The monoisotopic (exact) mass is 836 g/mol. The molecule has 2 aliphatic rings. The van der Waals surface area contributed by atoms with E-state index in [9.17, 15) is 0 Å². The number of halogens is 2. The molecule has 6 rings (SSSR count). The predicted octanol–water partition coefficient (Wildman–Crippen LogP) is 7.64. The summed E-state index contributed by atoms with van der Waals surface area (Å²) in [7, 11) is 0. The fraction of sp³-hybridized carbons (Fsp3) is 0.364. The van der Waals surface area contributed by atoms with Crippen LogP contribution < -0.4 is 24.8 Å². The van der Waals surface area contributed by atoms with Crippen molar-refractivity contribution in [2.45, 2.75) is 95.9 Å². The number of rotatable bonds is 0. The van der Waals surface area contributed by atoms with Crippen LogP contribution in [0.25, 0.3) is 21.5 Å². The van der Waals surface area contributed by atoms with Gasteiger partial charge in [0.1, 0.15) is 0 Å². The van der Waals surface area contributed by atoms with E-state index in [0.717, 1.165) is 12.8 Å². The van der Waals surface area contributed by atoms with E-state index in [0.29, 0.717) is 10.8 Å². The van der Waals surface area contributed by atoms with E-state index in [4.69, 9.17) is 0 Å². The predicted molar refractivity (Wildman–Crippen MR) is 200 cm³/mol. The maximum Gasteiger partial charge on any atom is 3.00 e. The van der Waals surface area contributed by atoms with Gasteiger partial charge in [-0.15, -0.1) is 82.9 Å². The summed E-state index contributed by atoms with van der Waals surface area (Å²) >= 11 is 0. The van der Waals surface area contributed by atoms with E-state index in [1.165, 1.54) is 43.8 Å². The maximum atomic E-state index is 3.16. The van der Waals surface area contributed by atoms with Gasteiger partial charge in [-0.25, -0.2) is 12.2 Å². The molecular formula is C44H58Cl2Zr2-2. The van der Waals surface area contributed by atoms with Crippen LogP contribution in [0, 0.1) is 49.7 Å². The minimum atomic E-state index is 0. The van der Waals surface area contributed by atoms with Gasteiger partial charge in [-0.2, -0.15) is 74.3 Å². The number of hydrogen-bond acceptors (Lipinski definition) is 0. The minimum Gasteiger partial charge on any atom is -1.00 e. The van der Waals surface area contributed by atoms with Crippen LogP contribution in [-0.2, 0) is 52.4 Å². The standard InChI is InChI=1S/2C10H9.2C9H13.2C3H7.2ClH.2Zr/c2*1-8-6-7-9-4-2-3-5-10(8)9;2*1-9(2,3)8-6-4-5-7-8;2*1-3-2;;;;/h2*2-7H,1H3;2*6-7H,4H2,1-3H3;2*3H,1-2H3;2*1H;;/q6*-1;;;2*+3/p-2. The summed E-state index contributed by atoms with van der Waals surface area (Å²) in [5.41, 5.74) is 6.23. The molecule has 0 aliphatic heterocycles. The van der Waals surface area contributed by atoms with Gasteiger partial charge in [-0.3, -0.25) is 12.2 Å². The van der Waals surface area contributed by atoms with E-state index in [-0.39, 0.29) is 77.2 Å². The molecule has 258 valence electrons. The van der Waals surface area contributed by atoms with Crippen LogP contribution in [0.4, 0.5) is 0 Å². The molecule has 4 aromatic carbocycles. The number of allylic oxidation sites excluding steroid dienone is 8. The molecule has 0 aromatic heterocycles. The Balaban J connectivity index is -0.000000248. The van der Waals surface area contributed by atoms with Crippen LogP contribution in [-0.4, -0.2) is 0 Å². The van der Waals surface area contributed by atoms with Crippen LogP contribution in [0.1, 0.15) is 93.2 Å². The summed E-state index contributed by atoms with van der Waals surface area (Å²) in [6.07, 6.45) is 21.0. The van der Waals surface area contributed by atoms with Crippen molar-refractivity contribution in [3.8, 4) is 0 Å². The first-order valence-electron chi connectivity index (χ1n) is 16.0. The minimum absolute atomic E-state index is 0. The molecule has 0 fully saturated rings. The zero-order chi connectivity index (χ0) is 33.2. The topological polar surface area (TPSA) is 0 Å². The third-order valence-electron chi connectivity index (χ3n) is 6.92. The van der Waals surface area contributed by atoms with Crippen LogP contribution in [0.15, 0.2) is 108 Å². The smallest absolute Gasteiger partial charge is 1.00 e. The molecule has 4 heteroatoms. The SMILES string of the molecule is CC(C)(C)C1=CC[C-]=C1.CC(C)(C)C1=CC[C-]=C1.C[CH-]C.C[CH-]C.Cc1c[cH-]c2ccccc12.Cc1c[cH-]c2ccccc12.[Cl-].[Cl-].[Zr+3].[Zr+3]. The Morgan fingerprint density at radius 3 is 1.06 bits per heavy atom. The van der Waals surface area contributed by atoms with E-state index in [2.05, 4.69) is 165 Å². The second kappa shape index (κ2) is 28.6. The van der Waals surface area contributed by atoms with E-state index in [1.54, 1.807) is 0 Å². The zero-order valence-corrected chi connectivity index (χ0v) is 38.0. The van der Waals surface area contributed by atoms with Crippen molar-refractivity contribution < 1.29 is 77.2 Å². The van der Waals surface area contributed by atoms with Gasteiger partial charge in [0.05, 0.1) is 0 Å². The molecule has 0 heterocycles. The average molecular weight is 840 g/mol. The molecule has 0 spiro atoms. The molecule has 0 bridgehead atoms. The van der Waals surface area contributed by atoms with Gasteiger partial charge in [0, 0.05) is 0 Å². The van der Waals surface area contributed by atoms with Gasteiger partial charge in [0.2, 0.25) is 0 Å². The number of benzene rings is 2. The molecule has 0 unspecified atom stereocenters. The van der Waals surface area contributed by atoms with Crippen molar-refractivity contribution in [3.63, 3.8) is 0 Å². The number of aryl methyl sites for hydroxylation is 2. The molecule has 0 amide bonds. The van der Waals surface area contributed by atoms with E-state index < -0.39 is 0 Å². The molecule has 2 radical (unpaired) electrons. The largest absolute Gasteiger partial charge is 3.00 e. The Morgan fingerprint density at radius 1 is 0.562 bits per heavy atom. The summed E-state index contributed by atoms with van der Waals surface area (Å²) in [6.45, 7) is 25.6. The Bertz CT molecular complexity index is 1370. The third kappa shape index (κ3) is 20.6. The van der Waals surface area contributed by atoms with Gasteiger partial charge in [-0.05, 0) is 0 Å². The maximum absolute atomic E-state index is 3.16. The first-order valence-corrected chi connectivity index (χ1v) is 16.0. The van der Waals surface area contributed by atoms with Gasteiger partial charge in [0.15, 0.2) is 0 Å². The Morgan fingerprint density at radius 2 is 0.854 bits per heavy atom. The number of hydrogen-bond donors (Lipinski definition) is 0. The Kier molecular flexibility index (Phi) is 32.1. The van der Waals surface area contributed by atoms with E-state index >= 15 is 0 Å². The van der Waals surface area contributed by atoms with Crippen molar-refractivity contribution in [2.75, 3.05) is 0 Å². The van der Waals surface area contributed by atoms with Gasteiger partial charge < -0.3 is 37.7 Å². The molecular weight excluding hydrogens is 782 g/mol. The van der Waals surface area contributed by atoms with E-state index in [1.807, 2.05) is 40.5 Å². The summed E-state index contributed by atoms with van der Waals surface area (Å²) in [5.74, 6) is 0. The first kappa shape index (κ1) is 53.8. The Hall–Kier alpha value is -1.03. The summed E-state index contributed by atoms with van der Waals surface area (Å²) < 4.78 is 0. The summed E-state index contributed by atoms with van der Waals surface area (Å²) in [6, 6.07) is 25.5. The second-order valence-corrected chi connectivity index (χ2v) is 13.3. The van der Waals surface area contributed by atoms with Crippen molar-refractivity contribution in [1.82, 2.24) is 0 Å². The third-order valence-corrected chi connectivity index (χ3v) is 6.92. The van der Waals surface area contributed by atoms with Crippen LogP contribution in [0.3, 0.4) is 0 Å². The van der Waals surface area contributed by atoms with Crippen molar-refractivity contribution in [1.29, 1.82) is 0 Å². The molecule has 2 aliphatic carbocycles. The average Bonchev–Trinajstić information content (AvgIpc) is 3.79. The summed E-state index contributed by atoms with van der Waals surface area (Å²) in [5, 5.41) is 5.45. The van der Waals surface area contributed by atoms with Gasteiger partial charge >= 0.3 is 52.4 Å². The molecule has 0 nitrogen and oxygen atoms in total. The molecule has 4 aromatic rings. The van der Waals surface area contributed by atoms with Crippen molar-refractivity contribution in [2.24, 2.45) is 10.8 Å². The number of fused-ring (bicyclic) bond motifs is 2. The second-order valence-electron chi connectivity index (χ2n) is 13.3. The van der Waals surface area contributed by atoms with Gasteiger partial charge in [0.25, 0.3) is 0 Å². The Labute approximate surface area is 346 Å². The van der Waals surface area contributed by atoms with Crippen LogP contribution >= 0.6 is 0 Å². The fourth-order valence-electron chi connectivity index (χ4n) is 4.45. The van der Waals surface area contributed by atoms with Gasteiger partial charge in [-0.1, -0.05) is 78.4 Å². The van der Waals surface area contributed by atoms with Crippen molar-refractivity contribution in [3.05, 3.63) is 144 Å². The molecule has 48 heavy (non-hydrogen) atoms. The molecule has 0 saturated heterocycles. The molecule has 0 N–H and O–H groups in total.